The molecular weight excluding hydrogens is 607 g/mol. The molecular formula is C32H36Cl2N4O6. The standard InChI is InChI=1S/C32H36Cl2N4O6/c1-20(19-43-2)38-31(41)26(25-5-4-6-27(33)30(25)34)17-36(32(38)42)18-29(40)35-12-10-23(11-13-35)37-14-9-22-15-24(44-3)8-7-21(22)16-28(37)39/h4-8,15,17,20,23H,9-14,16,18-19H2,1-3H3/t20-/m1/s1. The second-order valence-electron chi connectivity index (χ2n) is 11.3. The van der Waals surface area contributed by atoms with Crippen LogP contribution in [0.1, 0.15) is 36.9 Å². The molecule has 2 aliphatic rings. The third kappa shape index (κ3) is 6.43. The van der Waals surface area contributed by atoms with Crippen LogP contribution >= 0.6 is 23.2 Å². The summed E-state index contributed by atoms with van der Waals surface area (Å²) in [7, 11) is 3.12. The van der Waals surface area contributed by atoms with E-state index in [0.29, 0.717) is 44.5 Å². The SMILES string of the molecule is COC[C@@H](C)n1c(=O)c(-c2cccc(Cl)c2Cl)cn(CC(=O)N2CCC(N3CCc4cc(OC)ccc4CC3=O)CC2)c1=O. The van der Waals surface area contributed by atoms with E-state index in [2.05, 4.69) is 0 Å². The van der Waals surface area contributed by atoms with Gasteiger partial charge < -0.3 is 19.3 Å². The molecule has 2 amide bonds. The van der Waals surface area contributed by atoms with Gasteiger partial charge in [0.25, 0.3) is 5.56 Å². The number of hydrogen-bond donors (Lipinski definition) is 0. The van der Waals surface area contributed by atoms with Crippen molar-refractivity contribution in [3.63, 3.8) is 0 Å². The van der Waals surface area contributed by atoms with E-state index < -0.39 is 17.3 Å². The lowest BCUT2D eigenvalue weighted by Crippen LogP contribution is -2.50. The summed E-state index contributed by atoms with van der Waals surface area (Å²) in [6, 6.07) is 10.2. The molecule has 0 N–H and O–H groups in total. The van der Waals surface area contributed by atoms with E-state index >= 15 is 0 Å². The van der Waals surface area contributed by atoms with Gasteiger partial charge in [-0.3, -0.25) is 23.5 Å². The third-order valence-corrected chi connectivity index (χ3v) is 9.36. The van der Waals surface area contributed by atoms with Gasteiger partial charge in [-0.15, -0.1) is 0 Å². The highest BCUT2D eigenvalue weighted by Gasteiger charge is 2.32. The summed E-state index contributed by atoms with van der Waals surface area (Å²) in [5, 5.41) is 0.448. The van der Waals surface area contributed by atoms with E-state index in [4.69, 9.17) is 32.7 Å². The van der Waals surface area contributed by atoms with E-state index in [-0.39, 0.29) is 46.6 Å². The second kappa shape index (κ2) is 13.6. The topological polar surface area (TPSA) is 103 Å². The molecule has 0 bridgehead atoms. The van der Waals surface area contributed by atoms with Crippen molar-refractivity contribution in [2.24, 2.45) is 0 Å². The Hall–Kier alpha value is -3.60. The molecule has 1 fully saturated rings. The Kier molecular flexibility index (Phi) is 9.82. The fraction of sp³-hybridized carbons (Fsp3) is 0.438. The first-order valence-electron chi connectivity index (χ1n) is 14.6. The summed E-state index contributed by atoms with van der Waals surface area (Å²) < 4.78 is 12.9. The largest absolute Gasteiger partial charge is 0.497 e. The van der Waals surface area contributed by atoms with Crippen LogP contribution < -0.4 is 16.0 Å². The highest BCUT2D eigenvalue weighted by molar-refractivity contribution is 6.43. The number of hydrogen-bond acceptors (Lipinski definition) is 6. The van der Waals surface area contributed by atoms with Gasteiger partial charge in [0.2, 0.25) is 11.8 Å². The average molecular weight is 644 g/mol. The van der Waals surface area contributed by atoms with Crippen LogP contribution in [0.2, 0.25) is 10.0 Å². The molecule has 10 nitrogen and oxygen atoms in total. The normalized spacial score (nSPS) is 16.4. The highest BCUT2D eigenvalue weighted by atomic mass is 35.5. The van der Waals surface area contributed by atoms with Gasteiger partial charge in [-0.05, 0) is 55.5 Å². The van der Waals surface area contributed by atoms with Gasteiger partial charge in [-0.2, -0.15) is 0 Å². The molecule has 2 aromatic carbocycles. The Balaban J connectivity index is 1.32. The maximum atomic E-state index is 13.5. The average Bonchev–Trinajstić information content (AvgIpc) is 3.17. The van der Waals surface area contributed by atoms with E-state index in [1.807, 2.05) is 23.1 Å². The Morgan fingerprint density at radius 1 is 1.00 bits per heavy atom. The van der Waals surface area contributed by atoms with Crippen LogP contribution in [0.4, 0.5) is 0 Å². The fourth-order valence-corrected chi connectivity index (χ4v) is 6.56. The minimum atomic E-state index is -0.615. The number of carbonyl (C=O) groups is 2. The van der Waals surface area contributed by atoms with Crippen LogP contribution in [0.15, 0.2) is 52.2 Å². The Labute approximate surface area is 265 Å². The molecule has 3 aromatic rings. The van der Waals surface area contributed by atoms with Crippen LogP contribution in [-0.2, 0) is 33.7 Å². The number of fused-ring (bicyclic) bond motifs is 1. The number of halogens is 2. The summed E-state index contributed by atoms with van der Waals surface area (Å²) >= 11 is 12.7. The Morgan fingerprint density at radius 2 is 1.75 bits per heavy atom. The molecule has 1 saturated heterocycles. The zero-order valence-electron chi connectivity index (χ0n) is 25.1. The van der Waals surface area contributed by atoms with Crippen LogP contribution in [0.25, 0.3) is 11.1 Å². The number of carbonyl (C=O) groups excluding carboxylic acids is 2. The first-order valence-corrected chi connectivity index (χ1v) is 15.4. The maximum absolute atomic E-state index is 13.5. The van der Waals surface area contributed by atoms with Crippen LogP contribution in [0.3, 0.4) is 0 Å². The molecule has 234 valence electrons. The highest BCUT2D eigenvalue weighted by Crippen LogP contribution is 2.32. The quantitative estimate of drug-likeness (QED) is 0.370. The second-order valence-corrected chi connectivity index (χ2v) is 12.1. The molecule has 0 radical (unpaired) electrons. The Bertz CT molecular complexity index is 1680. The maximum Gasteiger partial charge on any atom is 0.331 e. The molecule has 5 rings (SSSR count). The van der Waals surface area contributed by atoms with Gasteiger partial charge in [-0.25, -0.2) is 4.79 Å². The third-order valence-electron chi connectivity index (χ3n) is 8.54. The van der Waals surface area contributed by atoms with E-state index in [1.54, 1.807) is 37.1 Å². The Morgan fingerprint density at radius 3 is 2.45 bits per heavy atom. The van der Waals surface area contributed by atoms with E-state index in [9.17, 15) is 19.2 Å². The van der Waals surface area contributed by atoms with Crippen molar-refractivity contribution in [2.45, 2.75) is 51.2 Å². The molecule has 0 spiro atoms. The van der Waals surface area contributed by atoms with Crippen molar-refractivity contribution >= 4 is 35.0 Å². The number of piperidine rings is 1. The van der Waals surface area contributed by atoms with Crippen molar-refractivity contribution in [3.05, 3.63) is 84.6 Å². The van der Waals surface area contributed by atoms with Crippen molar-refractivity contribution in [2.75, 3.05) is 40.5 Å². The minimum absolute atomic E-state index is 0.0267. The summed E-state index contributed by atoms with van der Waals surface area (Å²) in [6.07, 6.45) is 3.75. The summed E-state index contributed by atoms with van der Waals surface area (Å²) in [5.41, 5.74) is 1.51. The van der Waals surface area contributed by atoms with E-state index in [0.717, 1.165) is 27.9 Å². The first kappa shape index (κ1) is 31.8. The summed E-state index contributed by atoms with van der Waals surface area (Å²) in [6.45, 7) is 3.09. The van der Waals surface area contributed by atoms with Gasteiger partial charge in [0, 0.05) is 44.5 Å². The van der Waals surface area contributed by atoms with Crippen LogP contribution in [0.5, 0.6) is 5.75 Å². The molecule has 0 saturated carbocycles. The van der Waals surface area contributed by atoms with Gasteiger partial charge in [0.1, 0.15) is 12.3 Å². The zero-order chi connectivity index (χ0) is 31.5. The number of methoxy groups -OCH3 is 2. The predicted octanol–water partition coefficient (Wildman–Crippen LogP) is 3.82. The summed E-state index contributed by atoms with van der Waals surface area (Å²) in [4.78, 5) is 57.4. The van der Waals surface area contributed by atoms with E-state index in [1.165, 1.54) is 17.9 Å². The number of aromatic nitrogens is 2. The fourth-order valence-electron chi connectivity index (χ4n) is 6.16. The lowest BCUT2D eigenvalue weighted by atomic mass is 10.0. The van der Waals surface area contributed by atoms with Crippen LogP contribution in [0, 0.1) is 0 Å². The molecule has 12 heteroatoms. The van der Waals surface area contributed by atoms with Gasteiger partial charge in [-0.1, -0.05) is 41.4 Å². The lowest BCUT2D eigenvalue weighted by Gasteiger charge is -2.38. The van der Waals surface area contributed by atoms with Gasteiger partial charge in [0.05, 0.1) is 41.8 Å². The van der Waals surface area contributed by atoms with Crippen molar-refractivity contribution < 1.29 is 19.1 Å². The molecule has 44 heavy (non-hydrogen) atoms. The zero-order valence-corrected chi connectivity index (χ0v) is 26.6. The molecule has 2 aliphatic heterocycles. The molecule has 1 aromatic heterocycles. The first-order chi connectivity index (χ1) is 21.1. The van der Waals surface area contributed by atoms with Crippen molar-refractivity contribution in [3.8, 4) is 16.9 Å². The smallest absolute Gasteiger partial charge is 0.331 e. The summed E-state index contributed by atoms with van der Waals surface area (Å²) in [5.74, 6) is 0.617. The predicted molar refractivity (Wildman–Crippen MR) is 169 cm³/mol. The molecule has 1 atom stereocenters. The number of amides is 2. The van der Waals surface area contributed by atoms with Crippen molar-refractivity contribution in [1.82, 2.24) is 18.9 Å². The van der Waals surface area contributed by atoms with Crippen molar-refractivity contribution in [1.29, 1.82) is 0 Å². The van der Waals surface area contributed by atoms with Gasteiger partial charge in [0.15, 0.2) is 0 Å². The number of nitrogens with zero attached hydrogens (tertiary/aromatic N) is 4. The molecule has 0 unspecified atom stereocenters. The number of benzene rings is 2. The number of rotatable bonds is 8. The monoisotopic (exact) mass is 642 g/mol. The molecule has 3 heterocycles. The number of likely N-dealkylation sites (tertiary alicyclic amines) is 1. The lowest BCUT2D eigenvalue weighted by molar-refractivity contribution is -0.136. The minimum Gasteiger partial charge on any atom is -0.497 e. The number of ether oxygens (including phenoxy) is 2. The van der Waals surface area contributed by atoms with Crippen LogP contribution in [-0.4, -0.2) is 77.3 Å². The molecule has 0 aliphatic carbocycles. The van der Waals surface area contributed by atoms with Gasteiger partial charge >= 0.3 is 5.69 Å².